The fraction of sp³-hybridized carbons (Fsp3) is 0.286. The molecule has 3 aromatic rings. The van der Waals surface area contributed by atoms with Crippen molar-refractivity contribution in [2.24, 2.45) is 0 Å². The molecule has 0 aliphatic carbocycles. The predicted molar refractivity (Wildman–Crippen MR) is 111 cm³/mol. The monoisotopic (exact) mass is 379 g/mol. The number of aromatic nitrogens is 3. The molecule has 0 bridgehead atoms. The van der Waals surface area contributed by atoms with Gasteiger partial charge in [-0.25, -0.2) is 0 Å². The summed E-state index contributed by atoms with van der Waals surface area (Å²) >= 11 is 0. The zero-order valence-corrected chi connectivity index (χ0v) is 16.6. The second-order valence-corrected chi connectivity index (χ2v) is 6.14. The molecular weight excluding hydrogens is 354 g/mol. The molecule has 7 nitrogen and oxygen atoms in total. The third-order valence-electron chi connectivity index (χ3n) is 4.47. The van der Waals surface area contributed by atoms with Gasteiger partial charge in [-0.05, 0) is 36.1 Å². The molecule has 0 atom stereocenters. The molecule has 28 heavy (non-hydrogen) atoms. The number of rotatable bonds is 8. The number of hydrogen-bond donors (Lipinski definition) is 2. The van der Waals surface area contributed by atoms with E-state index in [4.69, 9.17) is 9.47 Å². The van der Waals surface area contributed by atoms with E-state index in [2.05, 4.69) is 57.9 Å². The van der Waals surface area contributed by atoms with Crippen LogP contribution in [0.25, 0.3) is 0 Å². The molecule has 0 unspecified atom stereocenters. The lowest BCUT2D eigenvalue weighted by Crippen LogP contribution is -2.06. The van der Waals surface area contributed by atoms with E-state index in [1.54, 1.807) is 26.5 Å². The third kappa shape index (κ3) is 4.31. The SMILES string of the molecule is CCc1cccc(CC)c1Nc1nncc(Nc2ccc(OC)cc2OC)n1. The van der Waals surface area contributed by atoms with Crippen molar-refractivity contribution >= 4 is 23.1 Å². The van der Waals surface area contributed by atoms with Crippen LogP contribution in [0.2, 0.25) is 0 Å². The molecule has 0 saturated heterocycles. The van der Waals surface area contributed by atoms with Crippen LogP contribution in [-0.2, 0) is 12.8 Å². The van der Waals surface area contributed by atoms with Crippen LogP contribution < -0.4 is 20.1 Å². The van der Waals surface area contributed by atoms with E-state index in [1.807, 2.05) is 12.1 Å². The Balaban J connectivity index is 1.86. The van der Waals surface area contributed by atoms with Crippen molar-refractivity contribution < 1.29 is 9.47 Å². The average Bonchev–Trinajstić information content (AvgIpc) is 2.74. The van der Waals surface area contributed by atoms with Crippen molar-refractivity contribution in [2.75, 3.05) is 24.9 Å². The van der Waals surface area contributed by atoms with Gasteiger partial charge in [0.1, 0.15) is 11.5 Å². The van der Waals surface area contributed by atoms with E-state index in [9.17, 15) is 0 Å². The first-order valence-electron chi connectivity index (χ1n) is 9.25. The van der Waals surface area contributed by atoms with E-state index in [0.29, 0.717) is 23.3 Å². The van der Waals surface area contributed by atoms with Gasteiger partial charge >= 0.3 is 0 Å². The number of ether oxygens (including phenoxy) is 2. The lowest BCUT2D eigenvalue weighted by Gasteiger charge is -2.15. The fourth-order valence-electron chi connectivity index (χ4n) is 2.97. The first-order chi connectivity index (χ1) is 13.7. The Kier molecular flexibility index (Phi) is 6.26. The van der Waals surface area contributed by atoms with E-state index in [1.165, 1.54) is 11.1 Å². The Labute approximate surface area is 165 Å². The normalized spacial score (nSPS) is 10.4. The van der Waals surface area contributed by atoms with Gasteiger partial charge in [-0.3, -0.25) is 0 Å². The number of hydrogen-bond acceptors (Lipinski definition) is 7. The van der Waals surface area contributed by atoms with Crippen LogP contribution in [0.3, 0.4) is 0 Å². The molecule has 0 saturated carbocycles. The number of anilines is 4. The Morgan fingerprint density at radius 1 is 0.929 bits per heavy atom. The maximum Gasteiger partial charge on any atom is 0.249 e. The Morgan fingerprint density at radius 3 is 2.32 bits per heavy atom. The van der Waals surface area contributed by atoms with Crippen LogP contribution in [0.1, 0.15) is 25.0 Å². The maximum atomic E-state index is 5.42. The minimum atomic E-state index is 0.438. The number of nitrogens with zero attached hydrogens (tertiary/aromatic N) is 3. The maximum absolute atomic E-state index is 5.42. The highest BCUT2D eigenvalue weighted by Crippen LogP contribution is 2.31. The highest BCUT2D eigenvalue weighted by Gasteiger charge is 2.10. The van der Waals surface area contributed by atoms with Crippen molar-refractivity contribution in [1.82, 2.24) is 15.2 Å². The largest absolute Gasteiger partial charge is 0.497 e. The van der Waals surface area contributed by atoms with Crippen molar-refractivity contribution in [3.05, 3.63) is 53.7 Å². The topological polar surface area (TPSA) is 81.2 Å². The van der Waals surface area contributed by atoms with Crippen LogP contribution in [0.15, 0.2) is 42.6 Å². The minimum absolute atomic E-state index is 0.438. The Morgan fingerprint density at radius 2 is 1.68 bits per heavy atom. The van der Waals surface area contributed by atoms with Gasteiger partial charge < -0.3 is 20.1 Å². The van der Waals surface area contributed by atoms with Gasteiger partial charge in [0.2, 0.25) is 5.95 Å². The highest BCUT2D eigenvalue weighted by molar-refractivity contribution is 5.67. The quantitative estimate of drug-likeness (QED) is 0.596. The second-order valence-electron chi connectivity index (χ2n) is 6.14. The molecule has 1 aromatic heterocycles. The molecule has 3 rings (SSSR count). The van der Waals surface area contributed by atoms with Crippen LogP contribution >= 0.6 is 0 Å². The number of para-hydroxylation sites is 1. The molecule has 7 heteroatoms. The number of benzene rings is 2. The molecule has 0 radical (unpaired) electrons. The van der Waals surface area contributed by atoms with Crippen molar-refractivity contribution in [3.63, 3.8) is 0 Å². The summed E-state index contributed by atoms with van der Waals surface area (Å²) in [4.78, 5) is 4.55. The van der Waals surface area contributed by atoms with E-state index in [0.717, 1.165) is 24.2 Å². The summed E-state index contributed by atoms with van der Waals surface area (Å²) in [6.07, 6.45) is 3.41. The molecular formula is C21H25N5O2. The summed E-state index contributed by atoms with van der Waals surface area (Å²) in [6, 6.07) is 11.8. The molecule has 2 N–H and O–H groups in total. The second kappa shape index (κ2) is 9.03. The van der Waals surface area contributed by atoms with Gasteiger partial charge in [-0.2, -0.15) is 10.1 Å². The van der Waals surface area contributed by atoms with Crippen LogP contribution in [0.4, 0.5) is 23.1 Å². The van der Waals surface area contributed by atoms with Gasteiger partial charge in [0.05, 0.1) is 26.1 Å². The molecule has 0 spiro atoms. The van der Waals surface area contributed by atoms with E-state index in [-0.39, 0.29) is 0 Å². The van der Waals surface area contributed by atoms with Gasteiger partial charge in [-0.15, -0.1) is 5.10 Å². The van der Waals surface area contributed by atoms with Gasteiger partial charge in [-0.1, -0.05) is 32.0 Å². The summed E-state index contributed by atoms with van der Waals surface area (Å²) in [7, 11) is 3.23. The summed E-state index contributed by atoms with van der Waals surface area (Å²) < 4.78 is 10.7. The molecule has 0 fully saturated rings. The molecule has 0 aliphatic heterocycles. The smallest absolute Gasteiger partial charge is 0.249 e. The first kappa shape index (κ1) is 19.4. The predicted octanol–water partition coefficient (Wildman–Crippen LogP) is 4.50. The van der Waals surface area contributed by atoms with Gasteiger partial charge in [0, 0.05) is 11.8 Å². The molecule has 2 aromatic carbocycles. The summed E-state index contributed by atoms with van der Waals surface area (Å²) in [5.41, 5.74) is 4.25. The highest BCUT2D eigenvalue weighted by atomic mass is 16.5. The van der Waals surface area contributed by atoms with E-state index >= 15 is 0 Å². The summed E-state index contributed by atoms with van der Waals surface area (Å²) in [5, 5.41) is 14.8. The average molecular weight is 379 g/mol. The number of methoxy groups -OCH3 is 2. The van der Waals surface area contributed by atoms with Gasteiger partial charge in [0.25, 0.3) is 0 Å². The van der Waals surface area contributed by atoms with Crippen molar-refractivity contribution in [2.45, 2.75) is 26.7 Å². The first-order valence-corrected chi connectivity index (χ1v) is 9.25. The standard InChI is InChI=1S/C21H25N5O2/c1-5-14-8-7-9-15(6-2)20(14)25-21-24-19(13-22-26-21)23-17-11-10-16(27-3)12-18(17)28-4/h7-13H,5-6H2,1-4H3,(H2,23,24,25,26). The summed E-state index contributed by atoms with van der Waals surface area (Å²) in [5.74, 6) is 2.37. The van der Waals surface area contributed by atoms with Crippen LogP contribution in [0, 0.1) is 0 Å². The van der Waals surface area contributed by atoms with Crippen molar-refractivity contribution in [3.8, 4) is 11.5 Å². The van der Waals surface area contributed by atoms with Crippen molar-refractivity contribution in [1.29, 1.82) is 0 Å². The Bertz CT molecular complexity index is 924. The Hall–Kier alpha value is -3.35. The lowest BCUT2D eigenvalue weighted by molar-refractivity contribution is 0.395. The van der Waals surface area contributed by atoms with Gasteiger partial charge in [0.15, 0.2) is 5.82 Å². The molecule has 146 valence electrons. The number of aryl methyl sites for hydroxylation is 2. The zero-order valence-electron chi connectivity index (χ0n) is 16.6. The molecule has 1 heterocycles. The lowest BCUT2D eigenvalue weighted by atomic mass is 10.0. The van der Waals surface area contributed by atoms with Crippen LogP contribution in [0.5, 0.6) is 11.5 Å². The molecule has 0 amide bonds. The van der Waals surface area contributed by atoms with Crippen LogP contribution in [-0.4, -0.2) is 29.4 Å². The number of nitrogens with one attached hydrogen (secondary N) is 2. The summed E-state index contributed by atoms with van der Waals surface area (Å²) in [6.45, 7) is 4.26. The molecule has 0 aliphatic rings. The zero-order chi connectivity index (χ0) is 19.9. The minimum Gasteiger partial charge on any atom is -0.497 e. The van der Waals surface area contributed by atoms with E-state index < -0.39 is 0 Å². The fourth-order valence-corrected chi connectivity index (χ4v) is 2.97. The third-order valence-corrected chi connectivity index (χ3v) is 4.47.